The number of guanidine groups is 1. The zero-order valence-electron chi connectivity index (χ0n) is 11.2. The highest BCUT2D eigenvalue weighted by molar-refractivity contribution is 14.0. The molecule has 1 rings (SSSR count). The van der Waals surface area contributed by atoms with Crippen molar-refractivity contribution in [3.05, 3.63) is 21.9 Å². The Morgan fingerprint density at radius 2 is 1.65 bits per heavy atom. The second-order valence-electron chi connectivity index (χ2n) is 4.13. The predicted octanol–water partition coefficient (Wildman–Crippen LogP) is 2.91. The largest absolute Gasteiger partial charge is 0.349 e. The molecule has 0 aliphatic rings. The Morgan fingerprint density at radius 3 is 2.06 bits per heavy atom. The lowest BCUT2D eigenvalue weighted by Crippen LogP contribution is -2.35. The molecule has 0 fully saturated rings. The van der Waals surface area contributed by atoms with E-state index in [1.54, 1.807) is 0 Å². The van der Waals surface area contributed by atoms with Gasteiger partial charge in [-0.2, -0.15) is 0 Å². The first-order valence-electron chi connectivity index (χ1n) is 5.51. The molecule has 0 aliphatic carbocycles. The minimum atomic E-state index is 0. The highest BCUT2D eigenvalue weighted by Gasteiger charge is 2.04. The van der Waals surface area contributed by atoms with E-state index in [9.17, 15) is 0 Å². The molecule has 0 amide bonds. The van der Waals surface area contributed by atoms with Crippen LogP contribution in [0.2, 0.25) is 0 Å². The monoisotopic (exact) mass is 367 g/mol. The number of hydrogen-bond acceptors (Lipinski definition) is 2. The number of halogens is 1. The van der Waals surface area contributed by atoms with Crippen LogP contribution in [0.25, 0.3) is 0 Å². The van der Waals surface area contributed by atoms with Crippen LogP contribution in [-0.2, 0) is 13.0 Å². The van der Waals surface area contributed by atoms with Crippen LogP contribution in [0.15, 0.2) is 17.1 Å². The molecule has 0 unspecified atom stereocenters. The van der Waals surface area contributed by atoms with Gasteiger partial charge in [0.2, 0.25) is 0 Å². The van der Waals surface area contributed by atoms with Crippen LogP contribution in [0.4, 0.5) is 0 Å². The number of aryl methyl sites for hydroxylation is 1. The van der Waals surface area contributed by atoms with Crippen molar-refractivity contribution in [2.45, 2.75) is 19.9 Å². The maximum Gasteiger partial charge on any atom is 0.195 e. The zero-order chi connectivity index (χ0) is 12.1. The van der Waals surface area contributed by atoms with Gasteiger partial charge in [-0.1, -0.05) is 6.92 Å². The average molecular weight is 367 g/mol. The lowest BCUT2D eigenvalue weighted by molar-refractivity contribution is 0.479. The Morgan fingerprint density at radius 1 is 1.12 bits per heavy atom. The molecular weight excluding hydrogens is 345 g/mol. The third kappa shape index (κ3) is 5.25. The van der Waals surface area contributed by atoms with E-state index >= 15 is 0 Å². The molecular formula is C12H22IN3S. The Labute approximate surface area is 126 Å². The summed E-state index contributed by atoms with van der Waals surface area (Å²) in [6.07, 6.45) is 1.11. The van der Waals surface area contributed by atoms with Gasteiger partial charge in [0.05, 0.1) is 6.54 Å². The topological polar surface area (TPSA) is 18.8 Å². The van der Waals surface area contributed by atoms with Crippen molar-refractivity contribution < 1.29 is 0 Å². The van der Waals surface area contributed by atoms with Gasteiger partial charge in [0.1, 0.15) is 0 Å². The van der Waals surface area contributed by atoms with Crippen LogP contribution in [0.3, 0.4) is 0 Å². The summed E-state index contributed by atoms with van der Waals surface area (Å²) < 4.78 is 0. The van der Waals surface area contributed by atoms with Gasteiger partial charge in [0.15, 0.2) is 5.96 Å². The lowest BCUT2D eigenvalue weighted by atomic mass is 10.4. The SMILES string of the molecule is CCc1ccc(CN=C(N(C)C)N(C)C)s1.I. The molecule has 0 saturated carbocycles. The van der Waals surface area contributed by atoms with Crippen LogP contribution in [-0.4, -0.2) is 44.0 Å². The molecule has 0 aliphatic heterocycles. The van der Waals surface area contributed by atoms with E-state index in [-0.39, 0.29) is 24.0 Å². The van der Waals surface area contributed by atoms with E-state index in [1.165, 1.54) is 9.75 Å². The summed E-state index contributed by atoms with van der Waals surface area (Å²) in [5.41, 5.74) is 0. The van der Waals surface area contributed by atoms with Crippen molar-refractivity contribution in [1.82, 2.24) is 9.80 Å². The normalized spacial score (nSPS) is 9.47. The molecule has 1 aromatic rings. The minimum Gasteiger partial charge on any atom is -0.349 e. The van der Waals surface area contributed by atoms with Gasteiger partial charge in [-0.25, -0.2) is 4.99 Å². The summed E-state index contributed by atoms with van der Waals surface area (Å²) in [6, 6.07) is 4.37. The maximum atomic E-state index is 4.62. The summed E-state index contributed by atoms with van der Waals surface area (Å²) >= 11 is 1.85. The summed E-state index contributed by atoms with van der Waals surface area (Å²) in [5, 5.41) is 0. The first-order valence-corrected chi connectivity index (χ1v) is 6.33. The Balaban J connectivity index is 0.00000256. The van der Waals surface area contributed by atoms with E-state index in [2.05, 4.69) is 24.0 Å². The van der Waals surface area contributed by atoms with Crippen LogP contribution in [0.1, 0.15) is 16.7 Å². The van der Waals surface area contributed by atoms with Gasteiger partial charge in [-0.3, -0.25) is 0 Å². The van der Waals surface area contributed by atoms with E-state index < -0.39 is 0 Å². The Kier molecular flexibility index (Phi) is 7.78. The highest BCUT2D eigenvalue weighted by Crippen LogP contribution is 2.17. The molecule has 0 saturated heterocycles. The molecule has 5 heteroatoms. The number of rotatable bonds is 3. The smallest absolute Gasteiger partial charge is 0.195 e. The third-order valence-corrected chi connectivity index (χ3v) is 3.46. The predicted molar refractivity (Wildman–Crippen MR) is 87.6 cm³/mol. The Hall–Kier alpha value is -0.300. The fourth-order valence-corrected chi connectivity index (χ4v) is 2.41. The number of thiophene rings is 1. The van der Waals surface area contributed by atoms with Crippen molar-refractivity contribution in [2.75, 3.05) is 28.2 Å². The lowest BCUT2D eigenvalue weighted by Gasteiger charge is -2.22. The number of nitrogens with zero attached hydrogens (tertiary/aromatic N) is 3. The van der Waals surface area contributed by atoms with E-state index in [1.807, 2.05) is 49.3 Å². The van der Waals surface area contributed by atoms with Crippen molar-refractivity contribution in [2.24, 2.45) is 4.99 Å². The average Bonchev–Trinajstić information content (AvgIpc) is 2.65. The summed E-state index contributed by atoms with van der Waals surface area (Å²) in [4.78, 5) is 11.5. The van der Waals surface area contributed by atoms with Crippen LogP contribution < -0.4 is 0 Å². The fourth-order valence-electron chi connectivity index (χ4n) is 1.53. The third-order valence-electron chi connectivity index (χ3n) is 2.24. The van der Waals surface area contributed by atoms with Gasteiger partial charge in [0, 0.05) is 37.9 Å². The minimum absolute atomic E-state index is 0. The summed E-state index contributed by atoms with van der Waals surface area (Å²) in [6.45, 7) is 2.96. The first-order chi connectivity index (χ1) is 7.54. The zero-order valence-corrected chi connectivity index (χ0v) is 14.4. The van der Waals surface area contributed by atoms with Gasteiger partial charge in [-0.05, 0) is 18.6 Å². The molecule has 0 atom stereocenters. The highest BCUT2D eigenvalue weighted by atomic mass is 127. The summed E-state index contributed by atoms with van der Waals surface area (Å²) in [5.74, 6) is 1.01. The van der Waals surface area contributed by atoms with Crippen LogP contribution >= 0.6 is 35.3 Å². The Bertz CT molecular complexity index is 348. The van der Waals surface area contributed by atoms with E-state index in [0.717, 1.165) is 18.9 Å². The molecule has 98 valence electrons. The molecule has 0 radical (unpaired) electrons. The van der Waals surface area contributed by atoms with Gasteiger partial charge < -0.3 is 9.80 Å². The standard InChI is InChI=1S/C12H21N3S.HI/c1-6-10-7-8-11(16-10)9-13-12(14(2)3)15(4)5;/h7-8H,6,9H2,1-5H3;1H. The molecule has 0 aromatic carbocycles. The van der Waals surface area contributed by atoms with Crippen molar-refractivity contribution >= 4 is 41.3 Å². The first kappa shape index (κ1) is 16.7. The molecule has 3 nitrogen and oxygen atoms in total. The van der Waals surface area contributed by atoms with Crippen molar-refractivity contribution in [3.63, 3.8) is 0 Å². The van der Waals surface area contributed by atoms with Gasteiger partial charge in [-0.15, -0.1) is 35.3 Å². The quantitative estimate of drug-likeness (QED) is 0.465. The maximum absolute atomic E-state index is 4.62. The molecule has 1 heterocycles. The van der Waals surface area contributed by atoms with E-state index in [4.69, 9.17) is 0 Å². The van der Waals surface area contributed by atoms with Gasteiger partial charge in [0.25, 0.3) is 0 Å². The summed E-state index contributed by atoms with van der Waals surface area (Å²) in [7, 11) is 8.07. The second kappa shape index (κ2) is 7.92. The van der Waals surface area contributed by atoms with Gasteiger partial charge >= 0.3 is 0 Å². The molecule has 0 bridgehead atoms. The van der Waals surface area contributed by atoms with Crippen LogP contribution in [0.5, 0.6) is 0 Å². The second-order valence-corrected chi connectivity index (χ2v) is 5.38. The number of hydrogen-bond donors (Lipinski definition) is 0. The molecule has 0 spiro atoms. The molecule has 1 aromatic heterocycles. The van der Waals surface area contributed by atoms with Crippen molar-refractivity contribution in [1.29, 1.82) is 0 Å². The van der Waals surface area contributed by atoms with Crippen molar-refractivity contribution in [3.8, 4) is 0 Å². The van der Waals surface area contributed by atoms with Crippen LogP contribution in [0, 0.1) is 0 Å². The fraction of sp³-hybridized carbons (Fsp3) is 0.583. The number of aliphatic imine (C=N–C) groups is 1. The van der Waals surface area contributed by atoms with E-state index in [0.29, 0.717) is 0 Å². The molecule has 17 heavy (non-hydrogen) atoms. The molecule has 0 N–H and O–H groups in total.